The van der Waals surface area contributed by atoms with Crippen LogP contribution in [0.15, 0.2) is 0 Å². The maximum absolute atomic E-state index is 12.6. The van der Waals surface area contributed by atoms with Gasteiger partial charge in [-0.05, 0) is 47.5 Å². The Labute approximate surface area is 141 Å². The lowest BCUT2D eigenvalue weighted by Crippen LogP contribution is -2.53. The predicted octanol–water partition coefficient (Wildman–Crippen LogP) is 3.02. The molecule has 1 saturated heterocycles. The van der Waals surface area contributed by atoms with Gasteiger partial charge in [-0.15, -0.1) is 0 Å². The van der Waals surface area contributed by atoms with Crippen LogP contribution in [0.1, 0.15) is 47.5 Å². The van der Waals surface area contributed by atoms with Crippen LogP contribution >= 0.6 is 0 Å². The minimum absolute atomic E-state index is 0.0966. The van der Waals surface area contributed by atoms with Gasteiger partial charge in [0.15, 0.2) is 6.10 Å². The van der Waals surface area contributed by atoms with Gasteiger partial charge in [0.25, 0.3) is 0 Å². The first-order valence-corrected chi connectivity index (χ1v) is 8.29. The number of aliphatic hydroxyl groups is 1. The van der Waals surface area contributed by atoms with Gasteiger partial charge < -0.3 is 14.7 Å². The van der Waals surface area contributed by atoms with E-state index in [0.717, 1.165) is 0 Å². The average molecular weight is 354 g/mol. The molecule has 1 aliphatic rings. The number of rotatable bonds is 4. The van der Waals surface area contributed by atoms with Gasteiger partial charge in [0.2, 0.25) is 0 Å². The molecule has 0 saturated carbocycles. The number of carbonyl (C=O) groups excluding carboxylic acids is 1. The molecule has 1 aliphatic heterocycles. The summed E-state index contributed by atoms with van der Waals surface area (Å²) in [7, 11) is 0. The van der Waals surface area contributed by atoms with E-state index in [9.17, 15) is 23.1 Å². The normalized spacial score (nSPS) is 19.0. The summed E-state index contributed by atoms with van der Waals surface area (Å²) in [5.74, 6) is 0. The third kappa shape index (κ3) is 6.47. The Bertz CT molecular complexity index is 414. The topological polar surface area (TPSA) is 53.0 Å². The highest BCUT2D eigenvalue weighted by Crippen LogP contribution is 2.25. The number of halogens is 3. The molecule has 5 nitrogen and oxygen atoms in total. The monoisotopic (exact) mass is 354 g/mol. The Morgan fingerprint density at radius 1 is 1.25 bits per heavy atom. The van der Waals surface area contributed by atoms with Crippen LogP contribution in [-0.2, 0) is 4.74 Å². The number of alkyl halides is 3. The molecule has 0 aromatic heterocycles. The van der Waals surface area contributed by atoms with Gasteiger partial charge in [0.05, 0.1) is 0 Å². The second kappa shape index (κ2) is 7.91. The summed E-state index contributed by atoms with van der Waals surface area (Å²) in [4.78, 5) is 15.3. The van der Waals surface area contributed by atoms with Crippen molar-refractivity contribution >= 4 is 6.09 Å². The zero-order valence-electron chi connectivity index (χ0n) is 15.1. The molecular formula is C16H29F3N2O3. The average Bonchev–Trinajstić information content (AvgIpc) is 2.41. The molecule has 0 aromatic carbocycles. The van der Waals surface area contributed by atoms with Gasteiger partial charge in [-0.25, -0.2) is 4.79 Å². The largest absolute Gasteiger partial charge is 0.444 e. The molecule has 0 bridgehead atoms. The first kappa shape index (κ1) is 21.0. The summed E-state index contributed by atoms with van der Waals surface area (Å²) in [6.07, 6.45) is -6.26. The van der Waals surface area contributed by atoms with Crippen molar-refractivity contribution in [2.24, 2.45) is 0 Å². The molecule has 1 amide bonds. The number of aliphatic hydroxyl groups excluding tert-OH is 1. The lowest BCUT2D eigenvalue weighted by molar-refractivity contribution is -0.211. The van der Waals surface area contributed by atoms with E-state index < -0.39 is 30.5 Å². The quantitative estimate of drug-likeness (QED) is 0.843. The van der Waals surface area contributed by atoms with Crippen molar-refractivity contribution in [3.8, 4) is 0 Å². The van der Waals surface area contributed by atoms with Gasteiger partial charge in [0.1, 0.15) is 5.60 Å². The fourth-order valence-corrected chi connectivity index (χ4v) is 2.79. The summed E-state index contributed by atoms with van der Waals surface area (Å²) in [5, 5.41) is 9.35. The lowest BCUT2D eigenvalue weighted by atomic mass is 10.0. The fraction of sp³-hybridized carbons (Fsp3) is 0.938. The molecule has 142 valence electrons. The summed E-state index contributed by atoms with van der Waals surface area (Å²) in [6.45, 7) is 9.41. The maximum atomic E-state index is 12.6. The maximum Gasteiger partial charge on any atom is 0.415 e. The summed E-state index contributed by atoms with van der Waals surface area (Å²) in [5.41, 5.74) is -0.575. The zero-order chi connectivity index (χ0) is 18.7. The van der Waals surface area contributed by atoms with E-state index in [-0.39, 0.29) is 12.1 Å². The number of carbonyl (C=O) groups is 1. The Morgan fingerprint density at radius 2 is 1.75 bits per heavy atom. The number of amides is 1. The smallest absolute Gasteiger partial charge is 0.415 e. The number of hydrogen-bond acceptors (Lipinski definition) is 4. The molecule has 1 rings (SSSR count). The standard InChI is InChI=1S/C16H29F3N2O3/c1-11(2)21(10-13(22)16(17,18)19)12-6-8-20(9-7-12)14(23)24-15(3,4)5/h11-13,22H,6-10H2,1-5H3. The molecule has 24 heavy (non-hydrogen) atoms. The van der Waals surface area contributed by atoms with Crippen molar-refractivity contribution in [3.63, 3.8) is 0 Å². The Balaban J connectivity index is 2.61. The van der Waals surface area contributed by atoms with E-state index in [1.165, 1.54) is 0 Å². The second-order valence-corrected chi connectivity index (χ2v) is 7.55. The van der Waals surface area contributed by atoms with Crippen LogP contribution < -0.4 is 0 Å². The number of hydrogen-bond donors (Lipinski definition) is 1. The van der Waals surface area contributed by atoms with E-state index >= 15 is 0 Å². The van der Waals surface area contributed by atoms with Gasteiger partial charge in [-0.2, -0.15) is 13.2 Å². The Morgan fingerprint density at radius 3 is 2.12 bits per heavy atom. The van der Waals surface area contributed by atoms with Crippen LogP contribution in [-0.4, -0.2) is 70.6 Å². The highest BCUT2D eigenvalue weighted by atomic mass is 19.4. The van der Waals surface area contributed by atoms with Crippen LogP contribution in [0.3, 0.4) is 0 Å². The van der Waals surface area contributed by atoms with Crippen molar-refractivity contribution in [2.75, 3.05) is 19.6 Å². The van der Waals surface area contributed by atoms with E-state index in [2.05, 4.69) is 0 Å². The number of nitrogens with zero attached hydrogens (tertiary/aromatic N) is 2. The first-order valence-electron chi connectivity index (χ1n) is 8.29. The van der Waals surface area contributed by atoms with Crippen LogP contribution in [0, 0.1) is 0 Å². The molecule has 0 spiro atoms. The lowest BCUT2D eigenvalue weighted by Gasteiger charge is -2.41. The molecule has 1 atom stereocenters. The van der Waals surface area contributed by atoms with E-state index in [0.29, 0.717) is 25.9 Å². The molecule has 8 heteroatoms. The molecular weight excluding hydrogens is 325 g/mol. The number of ether oxygens (including phenoxy) is 1. The van der Waals surface area contributed by atoms with Crippen LogP contribution in [0.4, 0.5) is 18.0 Å². The summed E-state index contributed by atoms with van der Waals surface area (Å²) < 4.78 is 43.2. The van der Waals surface area contributed by atoms with Crippen LogP contribution in [0.2, 0.25) is 0 Å². The molecule has 1 heterocycles. The SMILES string of the molecule is CC(C)N(CC(O)C(F)(F)F)C1CCN(C(=O)OC(C)(C)C)CC1. The molecule has 1 fully saturated rings. The molecule has 0 aromatic rings. The summed E-state index contributed by atoms with van der Waals surface area (Å²) in [6, 6.07) is -0.222. The minimum atomic E-state index is -4.62. The van der Waals surface area contributed by atoms with E-state index in [4.69, 9.17) is 4.74 Å². The molecule has 0 radical (unpaired) electrons. The molecule has 1 N–H and O–H groups in total. The fourth-order valence-electron chi connectivity index (χ4n) is 2.79. The van der Waals surface area contributed by atoms with Crippen molar-refractivity contribution < 1.29 is 27.8 Å². The van der Waals surface area contributed by atoms with Crippen molar-refractivity contribution in [1.82, 2.24) is 9.80 Å². The Hall–Kier alpha value is -1.02. The van der Waals surface area contributed by atoms with Gasteiger partial charge >= 0.3 is 12.3 Å². The highest BCUT2D eigenvalue weighted by molar-refractivity contribution is 5.68. The molecule has 0 aliphatic carbocycles. The van der Waals surface area contributed by atoms with Gasteiger partial charge in [-0.3, -0.25) is 4.90 Å². The second-order valence-electron chi connectivity index (χ2n) is 7.55. The summed E-state index contributed by atoms with van der Waals surface area (Å²) >= 11 is 0. The van der Waals surface area contributed by atoms with Crippen LogP contribution in [0.25, 0.3) is 0 Å². The van der Waals surface area contributed by atoms with Gasteiger partial charge in [0, 0.05) is 31.7 Å². The highest BCUT2D eigenvalue weighted by Gasteiger charge is 2.41. The zero-order valence-corrected chi connectivity index (χ0v) is 15.1. The Kier molecular flexibility index (Phi) is 6.93. The van der Waals surface area contributed by atoms with Crippen molar-refractivity contribution in [1.29, 1.82) is 0 Å². The number of piperidine rings is 1. The molecule has 1 unspecified atom stereocenters. The van der Waals surface area contributed by atoms with Crippen LogP contribution in [0.5, 0.6) is 0 Å². The third-order valence-corrected chi connectivity index (χ3v) is 4.01. The number of likely N-dealkylation sites (tertiary alicyclic amines) is 1. The first-order chi connectivity index (χ1) is 10.8. The minimum Gasteiger partial charge on any atom is -0.444 e. The predicted molar refractivity (Wildman–Crippen MR) is 84.7 cm³/mol. The van der Waals surface area contributed by atoms with Crippen molar-refractivity contribution in [3.05, 3.63) is 0 Å². The third-order valence-electron chi connectivity index (χ3n) is 4.01. The van der Waals surface area contributed by atoms with E-state index in [1.807, 2.05) is 13.8 Å². The van der Waals surface area contributed by atoms with Gasteiger partial charge in [-0.1, -0.05) is 0 Å². The van der Waals surface area contributed by atoms with Crippen molar-refractivity contribution in [2.45, 2.75) is 77.4 Å². The van der Waals surface area contributed by atoms with E-state index in [1.54, 1.807) is 30.6 Å².